The fourth-order valence-corrected chi connectivity index (χ4v) is 4.35. The number of H-pyrrole nitrogens is 1. The second kappa shape index (κ2) is 6.41. The molecule has 1 amide bonds. The maximum atomic E-state index is 12.6. The van der Waals surface area contributed by atoms with Crippen molar-refractivity contribution in [2.45, 2.75) is 19.2 Å². The quantitative estimate of drug-likeness (QED) is 0.759. The number of hydrogen-bond acceptors (Lipinski definition) is 3. The Bertz CT molecular complexity index is 903. The molecule has 1 aliphatic heterocycles. The standard InChI is InChI=1S/C20H19N3OS/c1-13-3-5-15(6-4-13)20-23(19(24)12-25-20)18-8-7-16(9-14(18)2)17-10-21-22-11-17/h3-11,20H,12H2,1-2H3,(H,21,22). The molecule has 4 nitrogen and oxygen atoms in total. The summed E-state index contributed by atoms with van der Waals surface area (Å²) in [6.45, 7) is 4.13. The van der Waals surface area contributed by atoms with Gasteiger partial charge >= 0.3 is 0 Å². The minimum atomic E-state index is 0.0339. The van der Waals surface area contributed by atoms with Gasteiger partial charge in [0.25, 0.3) is 0 Å². The molecule has 1 atom stereocenters. The molecule has 5 heteroatoms. The van der Waals surface area contributed by atoms with Gasteiger partial charge in [0.2, 0.25) is 5.91 Å². The number of benzene rings is 2. The molecule has 3 aromatic rings. The summed E-state index contributed by atoms with van der Waals surface area (Å²) in [6.07, 6.45) is 3.68. The van der Waals surface area contributed by atoms with Crippen LogP contribution in [0.2, 0.25) is 0 Å². The van der Waals surface area contributed by atoms with Crippen LogP contribution >= 0.6 is 11.8 Å². The van der Waals surface area contributed by atoms with E-state index < -0.39 is 0 Å². The molecule has 2 heterocycles. The first-order valence-corrected chi connectivity index (χ1v) is 9.28. The van der Waals surface area contributed by atoms with Gasteiger partial charge in [-0.25, -0.2) is 0 Å². The van der Waals surface area contributed by atoms with Crippen molar-refractivity contribution in [3.8, 4) is 11.1 Å². The molecule has 0 radical (unpaired) electrons. The summed E-state index contributed by atoms with van der Waals surface area (Å²) in [5, 5.41) is 6.88. The molecule has 1 aliphatic rings. The fourth-order valence-electron chi connectivity index (χ4n) is 3.18. The van der Waals surface area contributed by atoms with Crippen molar-refractivity contribution in [2.24, 2.45) is 0 Å². The molecule has 25 heavy (non-hydrogen) atoms. The number of carbonyl (C=O) groups is 1. The Morgan fingerprint density at radius 1 is 1.12 bits per heavy atom. The van der Waals surface area contributed by atoms with Crippen LogP contribution in [0, 0.1) is 13.8 Å². The minimum absolute atomic E-state index is 0.0339. The molecule has 2 aromatic carbocycles. The van der Waals surface area contributed by atoms with Gasteiger partial charge in [0.1, 0.15) is 5.37 Å². The van der Waals surface area contributed by atoms with Crippen molar-refractivity contribution in [1.82, 2.24) is 10.2 Å². The van der Waals surface area contributed by atoms with Gasteiger partial charge in [-0.2, -0.15) is 5.10 Å². The van der Waals surface area contributed by atoms with Gasteiger partial charge in [-0.05, 0) is 42.7 Å². The molecular formula is C20H19N3OS. The van der Waals surface area contributed by atoms with E-state index in [1.165, 1.54) is 11.1 Å². The SMILES string of the molecule is Cc1ccc(C2SCC(=O)N2c2ccc(-c3cn[nH]c3)cc2C)cc1. The van der Waals surface area contributed by atoms with Crippen molar-refractivity contribution in [3.63, 3.8) is 0 Å². The number of nitrogens with zero attached hydrogens (tertiary/aromatic N) is 2. The molecule has 0 saturated carbocycles. The molecule has 0 spiro atoms. The lowest BCUT2D eigenvalue weighted by atomic mass is 10.0. The lowest BCUT2D eigenvalue weighted by molar-refractivity contribution is -0.115. The Morgan fingerprint density at radius 2 is 1.92 bits per heavy atom. The molecule has 1 fully saturated rings. The lowest BCUT2D eigenvalue weighted by Crippen LogP contribution is -2.28. The summed E-state index contributed by atoms with van der Waals surface area (Å²) in [4.78, 5) is 14.5. The average Bonchev–Trinajstić information content (AvgIpc) is 3.26. The number of hydrogen-bond donors (Lipinski definition) is 1. The van der Waals surface area contributed by atoms with Gasteiger partial charge in [-0.15, -0.1) is 11.8 Å². The van der Waals surface area contributed by atoms with E-state index in [0.29, 0.717) is 5.75 Å². The van der Waals surface area contributed by atoms with Crippen molar-refractivity contribution in [3.05, 3.63) is 71.5 Å². The zero-order valence-electron chi connectivity index (χ0n) is 14.2. The average molecular weight is 349 g/mol. The third-order valence-corrected chi connectivity index (χ3v) is 5.73. The van der Waals surface area contributed by atoms with Crippen LogP contribution in [0.4, 0.5) is 5.69 Å². The van der Waals surface area contributed by atoms with E-state index >= 15 is 0 Å². The summed E-state index contributed by atoms with van der Waals surface area (Å²) in [5.74, 6) is 0.677. The van der Waals surface area contributed by atoms with Crippen molar-refractivity contribution in [2.75, 3.05) is 10.7 Å². The van der Waals surface area contributed by atoms with Gasteiger partial charge in [-0.1, -0.05) is 35.9 Å². The van der Waals surface area contributed by atoms with Crippen LogP contribution in [0.1, 0.15) is 22.1 Å². The monoisotopic (exact) mass is 349 g/mol. The number of aromatic nitrogens is 2. The van der Waals surface area contributed by atoms with E-state index in [4.69, 9.17) is 0 Å². The molecule has 1 N–H and O–H groups in total. The predicted molar refractivity (Wildman–Crippen MR) is 103 cm³/mol. The zero-order valence-corrected chi connectivity index (χ0v) is 15.0. The number of thioether (sulfide) groups is 1. The van der Waals surface area contributed by atoms with Crippen molar-refractivity contribution >= 4 is 23.4 Å². The first-order valence-electron chi connectivity index (χ1n) is 8.23. The Balaban J connectivity index is 1.71. The summed E-state index contributed by atoms with van der Waals surface area (Å²) in [5.41, 5.74) is 6.61. The Morgan fingerprint density at radius 3 is 2.60 bits per heavy atom. The molecule has 1 unspecified atom stereocenters. The van der Waals surface area contributed by atoms with Crippen LogP contribution in [0.25, 0.3) is 11.1 Å². The maximum absolute atomic E-state index is 12.6. The number of aryl methyl sites for hydroxylation is 2. The topological polar surface area (TPSA) is 49.0 Å². The summed E-state index contributed by atoms with van der Waals surface area (Å²) >= 11 is 1.68. The van der Waals surface area contributed by atoms with Gasteiger partial charge in [0, 0.05) is 17.4 Å². The second-order valence-electron chi connectivity index (χ2n) is 6.33. The summed E-state index contributed by atoms with van der Waals surface area (Å²) in [7, 11) is 0. The van der Waals surface area contributed by atoms with Crippen molar-refractivity contribution < 1.29 is 4.79 Å². The van der Waals surface area contributed by atoms with Crippen LogP contribution < -0.4 is 4.90 Å². The molecule has 1 saturated heterocycles. The first-order chi connectivity index (χ1) is 12.1. The number of anilines is 1. The fraction of sp³-hybridized carbons (Fsp3) is 0.200. The van der Waals surface area contributed by atoms with Gasteiger partial charge in [0.15, 0.2) is 0 Å². The van der Waals surface area contributed by atoms with E-state index in [1.54, 1.807) is 18.0 Å². The highest BCUT2D eigenvalue weighted by atomic mass is 32.2. The number of aromatic amines is 1. The first kappa shape index (κ1) is 16.0. The molecule has 126 valence electrons. The summed E-state index contributed by atoms with van der Waals surface area (Å²) < 4.78 is 0. The van der Waals surface area contributed by atoms with E-state index in [0.717, 1.165) is 22.4 Å². The number of amides is 1. The van der Waals surface area contributed by atoms with Crippen LogP contribution in [0.3, 0.4) is 0 Å². The molecule has 0 aliphatic carbocycles. The normalized spacial score (nSPS) is 17.3. The van der Waals surface area contributed by atoms with E-state index in [-0.39, 0.29) is 11.3 Å². The van der Waals surface area contributed by atoms with Crippen LogP contribution in [0.5, 0.6) is 0 Å². The van der Waals surface area contributed by atoms with Gasteiger partial charge in [-0.3, -0.25) is 14.8 Å². The third-order valence-electron chi connectivity index (χ3n) is 4.52. The lowest BCUT2D eigenvalue weighted by Gasteiger charge is -2.26. The Labute approximate surface area is 151 Å². The minimum Gasteiger partial charge on any atom is -0.295 e. The van der Waals surface area contributed by atoms with E-state index in [9.17, 15) is 4.79 Å². The molecular weight excluding hydrogens is 330 g/mol. The Hall–Kier alpha value is -2.53. The van der Waals surface area contributed by atoms with E-state index in [1.807, 2.05) is 17.2 Å². The maximum Gasteiger partial charge on any atom is 0.238 e. The van der Waals surface area contributed by atoms with Crippen LogP contribution in [-0.4, -0.2) is 21.9 Å². The molecule has 4 rings (SSSR count). The highest BCUT2D eigenvalue weighted by Crippen LogP contribution is 2.43. The third kappa shape index (κ3) is 2.96. The number of nitrogens with one attached hydrogen (secondary N) is 1. The smallest absolute Gasteiger partial charge is 0.238 e. The highest BCUT2D eigenvalue weighted by Gasteiger charge is 2.34. The van der Waals surface area contributed by atoms with Gasteiger partial charge in [0.05, 0.1) is 11.9 Å². The number of rotatable bonds is 3. The predicted octanol–water partition coefficient (Wildman–Crippen LogP) is 4.47. The zero-order chi connectivity index (χ0) is 17.4. The van der Waals surface area contributed by atoms with E-state index in [2.05, 4.69) is 60.4 Å². The van der Waals surface area contributed by atoms with Crippen LogP contribution in [0.15, 0.2) is 54.9 Å². The Kier molecular flexibility index (Phi) is 4.09. The highest BCUT2D eigenvalue weighted by molar-refractivity contribution is 8.00. The largest absolute Gasteiger partial charge is 0.295 e. The van der Waals surface area contributed by atoms with Crippen molar-refractivity contribution in [1.29, 1.82) is 0 Å². The second-order valence-corrected chi connectivity index (χ2v) is 7.39. The summed E-state index contributed by atoms with van der Waals surface area (Å²) in [6, 6.07) is 14.7. The number of carbonyl (C=O) groups excluding carboxylic acids is 1. The molecule has 1 aromatic heterocycles. The van der Waals surface area contributed by atoms with Crippen LogP contribution in [-0.2, 0) is 4.79 Å². The van der Waals surface area contributed by atoms with Gasteiger partial charge < -0.3 is 0 Å². The molecule has 0 bridgehead atoms.